The van der Waals surface area contributed by atoms with Crippen LogP contribution in [0.15, 0.2) is 18.2 Å². The number of fused-ring (bicyclic) bond motifs is 1. The van der Waals surface area contributed by atoms with Gasteiger partial charge in [-0.1, -0.05) is 39.8 Å². The molecule has 0 N–H and O–H groups in total. The number of aryl methyl sites for hydroxylation is 1. The van der Waals surface area contributed by atoms with Crippen LogP contribution >= 0.6 is 0 Å². The lowest BCUT2D eigenvalue weighted by atomic mass is 9.62. The lowest BCUT2D eigenvalue weighted by molar-refractivity contribution is -0.134. The second-order valence-corrected chi connectivity index (χ2v) is 7.38. The van der Waals surface area contributed by atoms with Crippen LogP contribution in [0.1, 0.15) is 62.8 Å². The molecule has 0 saturated heterocycles. The van der Waals surface area contributed by atoms with Gasteiger partial charge in [-0.25, -0.2) is 4.79 Å². The van der Waals surface area contributed by atoms with Crippen LogP contribution in [-0.4, -0.2) is 13.1 Å². The van der Waals surface area contributed by atoms with Crippen molar-refractivity contribution >= 4 is 12.0 Å². The zero-order valence-electron chi connectivity index (χ0n) is 14.0. The third-order valence-electron chi connectivity index (χ3n) is 4.84. The molecule has 0 saturated carbocycles. The Kier molecular flexibility index (Phi) is 4.01. The molecule has 2 heteroatoms. The van der Waals surface area contributed by atoms with E-state index in [0.717, 1.165) is 5.56 Å². The summed E-state index contributed by atoms with van der Waals surface area (Å²) in [5.74, 6) is -0.313. The molecule has 1 aromatic carbocycles. The van der Waals surface area contributed by atoms with Crippen molar-refractivity contribution in [3.05, 3.63) is 40.5 Å². The van der Waals surface area contributed by atoms with Crippen LogP contribution in [0.4, 0.5) is 0 Å². The Balaban J connectivity index is 2.54. The number of benzene rings is 1. The summed E-state index contributed by atoms with van der Waals surface area (Å²) < 4.78 is 4.67. The fourth-order valence-corrected chi connectivity index (χ4v) is 3.14. The molecule has 2 rings (SSSR count). The number of ether oxygens (including phenoxy) is 1. The van der Waals surface area contributed by atoms with Crippen LogP contribution in [0.5, 0.6) is 0 Å². The van der Waals surface area contributed by atoms with Crippen LogP contribution in [-0.2, 0) is 20.4 Å². The predicted octanol–water partition coefficient (Wildman–Crippen LogP) is 4.53. The van der Waals surface area contributed by atoms with E-state index in [0.29, 0.717) is 0 Å². The lowest BCUT2D eigenvalue weighted by Gasteiger charge is -2.42. The van der Waals surface area contributed by atoms with Crippen molar-refractivity contribution in [3.63, 3.8) is 0 Å². The second kappa shape index (κ2) is 5.32. The first-order valence-electron chi connectivity index (χ1n) is 7.59. The molecular weight excluding hydrogens is 260 g/mol. The summed E-state index contributed by atoms with van der Waals surface area (Å²) in [7, 11) is 1.40. The van der Waals surface area contributed by atoms with Gasteiger partial charge in [0.1, 0.15) is 0 Å². The van der Waals surface area contributed by atoms with E-state index >= 15 is 0 Å². The van der Waals surface area contributed by atoms with Crippen LogP contribution in [0, 0.1) is 6.92 Å². The summed E-state index contributed by atoms with van der Waals surface area (Å²) in [5.41, 5.74) is 5.58. The van der Waals surface area contributed by atoms with E-state index in [1.165, 1.54) is 42.7 Å². The maximum atomic E-state index is 11.3. The van der Waals surface area contributed by atoms with Crippen molar-refractivity contribution in [1.82, 2.24) is 0 Å². The predicted molar refractivity (Wildman–Crippen MR) is 87.5 cm³/mol. The maximum absolute atomic E-state index is 11.3. The number of rotatable bonds is 2. The highest BCUT2D eigenvalue weighted by Gasteiger charge is 2.37. The van der Waals surface area contributed by atoms with Gasteiger partial charge in [0.25, 0.3) is 0 Å². The van der Waals surface area contributed by atoms with Gasteiger partial charge in [0, 0.05) is 6.08 Å². The molecule has 0 aromatic heterocycles. The van der Waals surface area contributed by atoms with E-state index in [-0.39, 0.29) is 16.8 Å². The van der Waals surface area contributed by atoms with Gasteiger partial charge in [-0.05, 0) is 58.9 Å². The highest BCUT2D eigenvalue weighted by Crippen LogP contribution is 2.46. The topological polar surface area (TPSA) is 26.3 Å². The van der Waals surface area contributed by atoms with E-state index in [9.17, 15) is 4.79 Å². The summed E-state index contributed by atoms with van der Waals surface area (Å²) in [6, 6.07) is 4.55. The summed E-state index contributed by atoms with van der Waals surface area (Å²) in [6.45, 7) is 11.4. The van der Waals surface area contributed by atoms with E-state index in [4.69, 9.17) is 0 Å². The molecule has 114 valence electrons. The van der Waals surface area contributed by atoms with Crippen LogP contribution in [0.2, 0.25) is 0 Å². The molecular formula is C19H26O2. The van der Waals surface area contributed by atoms with E-state index in [1.54, 1.807) is 0 Å². The first-order valence-corrected chi connectivity index (χ1v) is 7.59. The van der Waals surface area contributed by atoms with Gasteiger partial charge in [0.2, 0.25) is 0 Å². The highest BCUT2D eigenvalue weighted by atomic mass is 16.5. The average Bonchev–Trinajstić information content (AvgIpc) is 2.42. The number of methoxy groups -OCH3 is 1. The Bertz CT molecular complexity index is 592. The molecule has 0 aliphatic heterocycles. The minimum atomic E-state index is -0.313. The molecule has 0 bridgehead atoms. The van der Waals surface area contributed by atoms with Gasteiger partial charge in [-0.2, -0.15) is 0 Å². The normalized spacial score (nSPS) is 19.3. The Hall–Kier alpha value is -1.57. The number of carbonyl (C=O) groups excluding carboxylic acids is 1. The van der Waals surface area contributed by atoms with Crippen molar-refractivity contribution in [3.8, 4) is 0 Å². The van der Waals surface area contributed by atoms with Crippen molar-refractivity contribution in [2.24, 2.45) is 0 Å². The Morgan fingerprint density at radius 3 is 2.14 bits per heavy atom. The fourth-order valence-electron chi connectivity index (χ4n) is 3.14. The molecule has 0 radical (unpaired) electrons. The summed E-state index contributed by atoms with van der Waals surface area (Å²) in [5, 5.41) is 0. The number of hydrogen-bond donors (Lipinski definition) is 0. The second-order valence-electron chi connectivity index (χ2n) is 7.38. The van der Waals surface area contributed by atoms with E-state index < -0.39 is 0 Å². The third-order valence-corrected chi connectivity index (χ3v) is 4.84. The SMILES string of the molecule is COC(=O)C=Cc1cc2c(cc1C)C(C)(C)CCC2(C)C. The van der Waals surface area contributed by atoms with Gasteiger partial charge >= 0.3 is 5.97 Å². The summed E-state index contributed by atoms with van der Waals surface area (Å²) >= 11 is 0. The number of esters is 1. The molecule has 0 amide bonds. The third kappa shape index (κ3) is 3.04. The quantitative estimate of drug-likeness (QED) is 0.590. The van der Waals surface area contributed by atoms with Crippen molar-refractivity contribution in [2.75, 3.05) is 7.11 Å². The van der Waals surface area contributed by atoms with Gasteiger partial charge < -0.3 is 4.74 Å². The largest absolute Gasteiger partial charge is 0.466 e. The lowest BCUT2D eigenvalue weighted by Crippen LogP contribution is -2.34. The monoisotopic (exact) mass is 286 g/mol. The van der Waals surface area contributed by atoms with Crippen LogP contribution in [0.25, 0.3) is 6.08 Å². The van der Waals surface area contributed by atoms with Crippen molar-refractivity contribution in [2.45, 2.75) is 58.3 Å². The Morgan fingerprint density at radius 2 is 1.62 bits per heavy atom. The van der Waals surface area contributed by atoms with Gasteiger partial charge in [0.15, 0.2) is 0 Å². The van der Waals surface area contributed by atoms with E-state index in [2.05, 4.69) is 51.5 Å². The van der Waals surface area contributed by atoms with Crippen LogP contribution in [0.3, 0.4) is 0 Å². The molecule has 1 aromatic rings. The summed E-state index contributed by atoms with van der Waals surface area (Å²) in [4.78, 5) is 11.3. The zero-order valence-corrected chi connectivity index (χ0v) is 14.0. The minimum absolute atomic E-state index is 0.187. The van der Waals surface area contributed by atoms with Gasteiger partial charge in [0.05, 0.1) is 7.11 Å². The molecule has 0 unspecified atom stereocenters. The molecule has 2 nitrogen and oxygen atoms in total. The molecule has 1 aliphatic rings. The highest BCUT2D eigenvalue weighted by molar-refractivity contribution is 5.87. The Morgan fingerprint density at radius 1 is 1.10 bits per heavy atom. The first kappa shape index (κ1) is 15.8. The summed E-state index contributed by atoms with van der Waals surface area (Å²) in [6.07, 6.45) is 5.76. The molecule has 0 heterocycles. The van der Waals surface area contributed by atoms with Crippen molar-refractivity contribution < 1.29 is 9.53 Å². The maximum Gasteiger partial charge on any atom is 0.330 e. The fraction of sp³-hybridized carbons (Fsp3) is 0.526. The molecule has 0 atom stereocenters. The van der Waals surface area contributed by atoms with E-state index in [1.807, 2.05) is 6.08 Å². The standard InChI is InChI=1S/C19H26O2/c1-13-11-15-16(12-14(13)7-8-17(20)21-6)19(4,5)10-9-18(15,2)3/h7-8,11-12H,9-10H2,1-6H3. The minimum Gasteiger partial charge on any atom is -0.466 e. The zero-order chi connectivity index (χ0) is 15.8. The molecule has 21 heavy (non-hydrogen) atoms. The Labute approximate surface area is 128 Å². The molecule has 0 spiro atoms. The van der Waals surface area contributed by atoms with Gasteiger partial charge in [-0.3, -0.25) is 0 Å². The average molecular weight is 286 g/mol. The molecule has 0 fully saturated rings. The number of hydrogen-bond acceptors (Lipinski definition) is 2. The van der Waals surface area contributed by atoms with Crippen molar-refractivity contribution in [1.29, 1.82) is 0 Å². The van der Waals surface area contributed by atoms with Gasteiger partial charge in [-0.15, -0.1) is 0 Å². The smallest absolute Gasteiger partial charge is 0.330 e. The van der Waals surface area contributed by atoms with Crippen LogP contribution < -0.4 is 0 Å². The number of carbonyl (C=O) groups is 1. The first-order chi connectivity index (χ1) is 9.67. The molecule has 1 aliphatic carbocycles.